The third-order valence-electron chi connectivity index (χ3n) is 4.88. The van der Waals surface area contributed by atoms with Crippen LogP contribution in [0.5, 0.6) is 11.5 Å². The summed E-state index contributed by atoms with van der Waals surface area (Å²) in [4.78, 5) is 18.8. The molecule has 3 heterocycles. The molecule has 0 spiro atoms. The highest BCUT2D eigenvalue weighted by Crippen LogP contribution is 2.29. The van der Waals surface area contributed by atoms with Gasteiger partial charge >= 0.3 is 0 Å². The molecule has 3 atom stereocenters. The van der Waals surface area contributed by atoms with Crippen LogP contribution in [0.2, 0.25) is 5.02 Å². The standard InChI is InChI=1S/C19H20ClN3O2/c20-17-10-21-7-5-18(17)25-16-3-1-14(2-4-16)19(24)22-15-9-13-6-8-23(11-13)12-15/h1-5,7,10,13,15H,6,8-9,11-12H2,(H,22,24). The summed E-state index contributed by atoms with van der Waals surface area (Å²) in [5, 5.41) is 3.61. The van der Waals surface area contributed by atoms with Gasteiger partial charge in [0.25, 0.3) is 5.91 Å². The van der Waals surface area contributed by atoms with Gasteiger partial charge in [-0.25, -0.2) is 0 Å². The Morgan fingerprint density at radius 1 is 1.24 bits per heavy atom. The second kappa shape index (κ2) is 7.02. The fourth-order valence-electron chi connectivity index (χ4n) is 3.68. The Morgan fingerprint density at radius 3 is 2.84 bits per heavy atom. The first-order valence-electron chi connectivity index (χ1n) is 8.58. The first kappa shape index (κ1) is 16.4. The molecule has 3 unspecified atom stereocenters. The Bertz CT molecular complexity index is 754. The van der Waals surface area contributed by atoms with Gasteiger partial charge in [0.2, 0.25) is 0 Å². The Hall–Kier alpha value is -2.11. The molecule has 2 aromatic rings. The van der Waals surface area contributed by atoms with Gasteiger partial charge < -0.3 is 15.0 Å². The number of carbonyl (C=O) groups excluding carboxylic acids is 1. The average molecular weight is 358 g/mol. The third-order valence-corrected chi connectivity index (χ3v) is 5.17. The van der Waals surface area contributed by atoms with Crippen molar-refractivity contribution in [1.29, 1.82) is 0 Å². The number of aromatic nitrogens is 1. The lowest BCUT2D eigenvalue weighted by Crippen LogP contribution is -2.46. The lowest BCUT2D eigenvalue weighted by molar-refractivity contribution is 0.0909. The number of hydrogen-bond donors (Lipinski definition) is 1. The molecule has 1 amide bonds. The molecular weight excluding hydrogens is 338 g/mol. The molecule has 1 N–H and O–H groups in total. The van der Waals surface area contributed by atoms with Gasteiger partial charge in [-0.2, -0.15) is 0 Å². The molecule has 2 bridgehead atoms. The highest BCUT2D eigenvalue weighted by atomic mass is 35.5. The summed E-state index contributed by atoms with van der Waals surface area (Å²) < 4.78 is 5.72. The minimum Gasteiger partial charge on any atom is -0.456 e. The van der Waals surface area contributed by atoms with E-state index in [1.807, 2.05) is 0 Å². The monoisotopic (exact) mass is 357 g/mol. The van der Waals surface area contributed by atoms with E-state index in [0.717, 1.165) is 18.9 Å². The summed E-state index contributed by atoms with van der Waals surface area (Å²) in [6.45, 7) is 3.32. The van der Waals surface area contributed by atoms with Crippen molar-refractivity contribution in [2.75, 3.05) is 19.6 Å². The minimum absolute atomic E-state index is 0.0269. The normalized spacial score (nSPS) is 24.8. The van der Waals surface area contributed by atoms with Crippen LogP contribution in [0, 0.1) is 5.92 Å². The summed E-state index contributed by atoms with van der Waals surface area (Å²) >= 11 is 6.04. The molecule has 130 valence electrons. The molecule has 5 nitrogen and oxygen atoms in total. The quantitative estimate of drug-likeness (QED) is 0.911. The number of piperidine rings is 1. The SMILES string of the molecule is O=C(NC1CC2CCN(C2)C1)c1ccc(Oc2ccncc2Cl)cc1. The molecule has 0 saturated carbocycles. The molecule has 0 aliphatic carbocycles. The fraction of sp³-hybridized carbons (Fsp3) is 0.368. The molecule has 2 fully saturated rings. The van der Waals surface area contributed by atoms with Crippen molar-refractivity contribution in [2.45, 2.75) is 18.9 Å². The second-order valence-corrected chi connectivity index (χ2v) is 7.16. The van der Waals surface area contributed by atoms with Gasteiger partial charge in [0, 0.05) is 43.2 Å². The number of ether oxygens (including phenoxy) is 1. The van der Waals surface area contributed by atoms with Crippen molar-refractivity contribution < 1.29 is 9.53 Å². The Labute approximate surface area is 152 Å². The molecule has 1 aromatic carbocycles. The smallest absolute Gasteiger partial charge is 0.251 e. The van der Waals surface area contributed by atoms with Crippen LogP contribution in [0.1, 0.15) is 23.2 Å². The number of nitrogens with one attached hydrogen (secondary N) is 1. The van der Waals surface area contributed by atoms with Crippen molar-refractivity contribution in [2.24, 2.45) is 5.92 Å². The predicted molar refractivity (Wildman–Crippen MR) is 96.2 cm³/mol. The number of halogens is 1. The van der Waals surface area contributed by atoms with Crippen LogP contribution in [0.4, 0.5) is 0 Å². The topological polar surface area (TPSA) is 54.5 Å². The zero-order valence-electron chi connectivity index (χ0n) is 13.8. The number of benzene rings is 1. The van der Waals surface area contributed by atoms with Crippen LogP contribution in [0.3, 0.4) is 0 Å². The van der Waals surface area contributed by atoms with E-state index in [1.54, 1.807) is 36.5 Å². The van der Waals surface area contributed by atoms with E-state index in [2.05, 4.69) is 15.2 Å². The first-order chi connectivity index (χ1) is 12.2. The first-order valence-corrected chi connectivity index (χ1v) is 8.96. The summed E-state index contributed by atoms with van der Waals surface area (Å²) in [6, 6.07) is 9.06. The van der Waals surface area contributed by atoms with Crippen LogP contribution in [0.15, 0.2) is 42.7 Å². The second-order valence-electron chi connectivity index (χ2n) is 6.75. The summed E-state index contributed by atoms with van der Waals surface area (Å²) in [5.41, 5.74) is 0.640. The van der Waals surface area contributed by atoms with E-state index in [9.17, 15) is 4.79 Å². The minimum atomic E-state index is -0.0269. The maximum Gasteiger partial charge on any atom is 0.251 e. The van der Waals surface area contributed by atoms with Gasteiger partial charge in [-0.15, -0.1) is 0 Å². The molecule has 1 aromatic heterocycles. The largest absolute Gasteiger partial charge is 0.456 e. The van der Waals surface area contributed by atoms with E-state index >= 15 is 0 Å². The zero-order chi connectivity index (χ0) is 17.2. The summed E-state index contributed by atoms with van der Waals surface area (Å²) in [5.74, 6) is 1.88. The van der Waals surface area contributed by atoms with Crippen LogP contribution < -0.4 is 10.1 Å². The van der Waals surface area contributed by atoms with Crippen LogP contribution in [0.25, 0.3) is 0 Å². The van der Waals surface area contributed by atoms with E-state index in [0.29, 0.717) is 22.1 Å². The van der Waals surface area contributed by atoms with E-state index in [1.165, 1.54) is 25.7 Å². The fourth-order valence-corrected chi connectivity index (χ4v) is 3.84. The maximum absolute atomic E-state index is 12.5. The Balaban J connectivity index is 1.38. The Kier molecular flexibility index (Phi) is 4.59. The number of rotatable bonds is 4. The van der Waals surface area contributed by atoms with Gasteiger partial charge in [-0.1, -0.05) is 11.6 Å². The highest BCUT2D eigenvalue weighted by molar-refractivity contribution is 6.31. The average Bonchev–Trinajstić information content (AvgIpc) is 2.96. The van der Waals surface area contributed by atoms with Crippen molar-refractivity contribution in [3.8, 4) is 11.5 Å². The van der Waals surface area contributed by atoms with E-state index in [4.69, 9.17) is 16.3 Å². The van der Waals surface area contributed by atoms with Gasteiger partial charge in [0.15, 0.2) is 0 Å². The molecule has 4 rings (SSSR count). The summed E-state index contributed by atoms with van der Waals surface area (Å²) in [7, 11) is 0. The maximum atomic E-state index is 12.5. The molecule has 2 aliphatic rings. The molecule has 2 aliphatic heterocycles. The number of nitrogens with zero attached hydrogens (tertiary/aromatic N) is 2. The van der Waals surface area contributed by atoms with Crippen molar-refractivity contribution in [1.82, 2.24) is 15.2 Å². The third kappa shape index (κ3) is 3.78. The predicted octanol–water partition coefficient (Wildman–Crippen LogP) is 3.35. The highest BCUT2D eigenvalue weighted by Gasteiger charge is 2.32. The van der Waals surface area contributed by atoms with Gasteiger partial charge in [0.05, 0.1) is 0 Å². The van der Waals surface area contributed by atoms with E-state index < -0.39 is 0 Å². The number of fused-ring (bicyclic) bond motifs is 2. The van der Waals surface area contributed by atoms with Crippen LogP contribution in [-0.2, 0) is 0 Å². The van der Waals surface area contributed by atoms with Gasteiger partial charge in [0.1, 0.15) is 16.5 Å². The van der Waals surface area contributed by atoms with Crippen LogP contribution in [-0.4, -0.2) is 41.5 Å². The van der Waals surface area contributed by atoms with Crippen molar-refractivity contribution in [3.05, 3.63) is 53.3 Å². The molecule has 2 saturated heterocycles. The van der Waals surface area contributed by atoms with Gasteiger partial charge in [-0.3, -0.25) is 9.78 Å². The van der Waals surface area contributed by atoms with E-state index in [-0.39, 0.29) is 11.9 Å². The number of amides is 1. The Morgan fingerprint density at radius 2 is 2.08 bits per heavy atom. The molecule has 6 heteroatoms. The zero-order valence-corrected chi connectivity index (χ0v) is 14.6. The molecule has 0 radical (unpaired) electrons. The van der Waals surface area contributed by atoms with Gasteiger partial charge in [-0.05, 0) is 49.6 Å². The van der Waals surface area contributed by atoms with Crippen molar-refractivity contribution >= 4 is 17.5 Å². The van der Waals surface area contributed by atoms with Crippen molar-refractivity contribution in [3.63, 3.8) is 0 Å². The lowest BCUT2D eigenvalue weighted by Gasteiger charge is -2.30. The number of hydrogen-bond acceptors (Lipinski definition) is 4. The number of pyridine rings is 1. The van der Waals surface area contributed by atoms with Crippen LogP contribution >= 0.6 is 11.6 Å². The number of carbonyl (C=O) groups is 1. The molecule has 25 heavy (non-hydrogen) atoms. The lowest BCUT2D eigenvalue weighted by atomic mass is 9.96. The summed E-state index contributed by atoms with van der Waals surface area (Å²) in [6.07, 6.45) is 5.50. The molecular formula is C19H20ClN3O2.